The minimum Gasteiger partial charge on any atom is -0.367 e. The van der Waals surface area contributed by atoms with Gasteiger partial charge in [-0.05, 0) is 44.4 Å². The molecule has 104 valence electrons. The van der Waals surface area contributed by atoms with Gasteiger partial charge in [-0.2, -0.15) is 0 Å². The van der Waals surface area contributed by atoms with E-state index in [1.807, 2.05) is 12.1 Å². The predicted molar refractivity (Wildman–Crippen MR) is 81.3 cm³/mol. The van der Waals surface area contributed by atoms with Gasteiger partial charge in [0.1, 0.15) is 0 Å². The van der Waals surface area contributed by atoms with Gasteiger partial charge in [-0.1, -0.05) is 31.4 Å². The lowest BCUT2D eigenvalue weighted by Gasteiger charge is -2.32. The molecule has 1 atom stereocenters. The Labute approximate surface area is 120 Å². The number of carbonyl (C=O) groups is 1. The largest absolute Gasteiger partial charge is 0.367 e. The molecule has 0 saturated carbocycles. The van der Waals surface area contributed by atoms with E-state index in [-0.39, 0.29) is 5.78 Å². The highest BCUT2D eigenvalue weighted by Gasteiger charge is 2.21. The van der Waals surface area contributed by atoms with Crippen LogP contribution in [0.4, 0.5) is 5.69 Å². The van der Waals surface area contributed by atoms with Crippen LogP contribution in [0.2, 0.25) is 5.02 Å². The molecule has 1 fully saturated rings. The van der Waals surface area contributed by atoms with Gasteiger partial charge in [0.15, 0.2) is 5.78 Å². The molecule has 0 amide bonds. The summed E-state index contributed by atoms with van der Waals surface area (Å²) in [6.45, 7) is 4.88. The molecular formula is C16H22ClNO. The van der Waals surface area contributed by atoms with E-state index in [1.165, 1.54) is 25.7 Å². The Balaban J connectivity index is 2.30. The minimum absolute atomic E-state index is 0.0661. The van der Waals surface area contributed by atoms with Crippen LogP contribution in [0.1, 0.15) is 56.3 Å². The lowest BCUT2D eigenvalue weighted by Crippen LogP contribution is -2.34. The smallest absolute Gasteiger partial charge is 0.159 e. The van der Waals surface area contributed by atoms with E-state index in [0.717, 1.165) is 18.7 Å². The Morgan fingerprint density at radius 1 is 1.37 bits per heavy atom. The third kappa shape index (κ3) is 3.30. The summed E-state index contributed by atoms with van der Waals surface area (Å²) in [5, 5.41) is 0.702. The van der Waals surface area contributed by atoms with Crippen LogP contribution in [0.25, 0.3) is 0 Å². The fraction of sp³-hybridized carbons (Fsp3) is 0.562. The van der Waals surface area contributed by atoms with E-state index in [9.17, 15) is 4.79 Å². The Morgan fingerprint density at radius 2 is 2.16 bits per heavy atom. The Morgan fingerprint density at radius 3 is 2.79 bits per heavy atom. The van der Waals surface area contributed by atoms with E-state index in [4.69, 9.17) is 11.6 Å². The molecule has 1 aromatic rings. The molecule has 0 spiro atoms. The molecule has 1 aromatic carbocycles. The topological polar surface area (TPSA) is 20.3 Å². The number of Topliss-reactive ketones (excluding diaryl/α,β-unsaturated/α-hetero) is 1. The first-order chi connectivity index (χ1) is 9.13. The maximum absolute atomic E-state index is 11.4. The lowest BCUT2D eigenvalue weighted by atomic mass is 10.1. The van der Waals surface area contributed by atoms with Crippen LogP contribution in [0.5, 0.6) is 0 Å². The first-order valence-electron chi connectivity index (χ1n) is 7.20. The number of carbonyl (C=O) groups excluding carboxylic acids is 1. The number of hydrogen-bond acceptors (Lipinski definition) is 2. The first-order valence-corrected chi connectivity index (χ1v) is 7.58. The van der Waals surface area contributed by atoms with Crippen molar-refractivity contribution < 1.29 is 4.79 Å². The first kappa shape index (κ1) is 14.4. The molecule has 1 heterocycles. The molecular weight excluding hydrogens is 258 g/mol. The average molecular weight is 280 g/mol. The van der Waals surface area contributed by atoms with Gasteiger partial charge in [0.2, 0.25) is 0 Å². The van der Waals surface area contributed by atoms with Gasteiger partial charge < -0.3 is 4.90 Å². The fourth-order valence-electron chi connectivity index (χ4n) is 2.88. The zero-order chi connectivity index (χ0) is 13.8. The molecule has 0 N–H and O–H groups in total. The third-order valence-corrected chi connectivity index (χ3v) is 4.31. The van der Waals surface area contributed by atoms with Gasteiger partial charge in [-0.15, -0.1) is 0 Å². The van der Waals surface area contributed by atoms with Crippen LogP contribution in [0, 0.1) is 0 Å². The van der Waals surface area contributed by atoms with Crippen molar-refractivity contribution in [3.05, 3.63) is 28.8 Å². The van der Waals surface area contributed by atoms with Crippen LogP contribution >= 0.6 is 11.6 Å². The molecule has 19 heavy (non-hydrogen) atoms. The van der Waals surface area contributed by atoms with Crippen molar-refractivity contribution in [3.8, 4) is 0 Å². The van der Waals surface area contributed by atoms with Crippen LogP contribution in [0.3, 0.4) is 0 Å². The summed E-state index contributed by atoms with van der Waals surface area (Å²) in [4.78, 5) is 13.8. The second-order valence-electron chi connectivity index (χ2n) is 5.33. The van der Waals surface area contributed by atoms with E-state index in [2.05, 4.69) is 11.8 Å². The van der Waals surface area contributed by atoms with Gasteiger partial charge in [0.25, 0.3) is 0 Å². The van der Waals surface area contributed by atoms with Crippen molar-refractivity contribution >= 4 is 23.1 Å². The number of anilines is 1. The van der Waals surface area contributed by atoms with Crippen molar-refractivity contribution in [2.75, 3.05) is 11.4 Å². The van der Waals surface area contributed by atoms with Gasteiger partial charge >= 0.3 is 0 Å². The summed E-state index contributed by atoms with van der Waals surface area (Å²) in [6.07, 6.45) is 6.21. The van der Waals surface area contributed by atoms with Gasteiger partial charge in [-0.25, -0.2) is 0 Å². The molecule has 1 saturated heterocycles. The number of halogens is 1. The van der Waals surface area contributed by atoms with Crippen LogP contribution < -0.4 is 4.90 Å². The van der Waals surface area contributed by atoms with Crippen molar-refractivity contribution in [2.45, 2.75) is 52.0 Å². The molecule has 0 aliphatic carbocycles. The lowest BCUT2D eigenvalue weighted by molar-refractivity contribution is 0.101. The Hall–Kier alpha value is -1.02. The maximum Gasteiger partial charge on any atom is 0.159 e. The SMILES string of the molecule is CCC1CCCCCN1c1ccc(C(C)=O)cc1Cl. The summed E-state index contributed by atoms with van der Waals surface area (Å²) < 4.78 is 0. The van der Waals surface area contributed by atoms with E-state index in [0.29, 0.717) is 16.6 Å². The van der Waals surface area contributed by atoms with Gasteiger partial charge in [0, 0.05) is 18.2 Å². The van der Waals surface area contributed by atoms with Gasteiger partial charge in [0.05, 0.1) is 10.7 Å². The number of benzene rings is 1. The van der Waals surface area contributed by atoms with Crippen LogP contribution in [-0.2, 0) is 0 Å². The predicted octanol–water partition coefficient (Wildman–Crippen LogP) is 4.70. The Kier molecular flexibility index (Phi) is 4.87. The fourth-order valence-corrected chi connectivity index (χ4v) is 3.17. The molecule has 2 rings (SSSR count). The molecule has 1 unspecified atom stereocenters. The van der Waals surface area contributed by atoms with Crippen molar-refractivity contribution in [2.24, 2.45) is 0 Å². The van der Waals surface area contributed by atoms with Crippen molar-refractivity contribution in [1.82, 2.24) is 0 Å². The molecule has 0 aromatic heterocycles. The standard InChI is InChI=1S/C16H22ClNO/c1-3-14-7-5-4-6-10-18(14)16-9-8-13(12(2)19)11-15(16)17/h8-9,11,14H,3-7,10H2,1-2H3. The normalized spacial score (nSPS) is 20.2. The van der Waals surface area contributed by atoms with Crippen LogP contribution in [-0.4, -0.2) is 18.4 Å². The van der Waals surface area contributed by atoms with E-state index < -0.39 is 0 Å². The zero-order valence-electron chi connectivity index (χ0n) is 11.8. The van der Waals surface area contributed by atoms with Gasteiger partial charge in [-0.3, -0.25) is 4.79 Å². The summed E-state index contributed by atoms with van der Waals surface area (Å²) >= 11 is 6.39. The third-order valence-electron chi connectivity index (χ3n) is 4.01. The molecule has 0 bridgehead atoms. The second-order valence-corrected chi connectivity index (χ2v) is 5.73. The summed E-state index contributed by atoms with van der Waals surface area (Å²) in [5.74, 6) is 0.0661. The highest BCUT2D eigenvalue weighted by atomic mass is 35.5. The van der Waals surface area contributed by atoms with E-state index in [1.54, 1.807) is 13.0 Å². The zero-order valence-corrected chi connectivity index (χ0v) is 12.5. The highest BCUT2D eigenvalue weighted by molar-refractivity contribution is 6.33. The van der Waals surface area contributed by atoms with Crippen molar-refractivity contribution in [1.29, 1.82) is 0 Å². The number of ketones is 1. The molecule has 2 nitrogen and oxygen atoms in total. The monoisotopic (exact) mass is 279 g/mol. The molecule has 1 aliphatic heterocycles. The summed E-state index contributed by atoms with van der Waals surface area (Å²) in [5.41, 5.74) is 1.78. The summed E-state index contributed by atoms with van der Waals surface area (Å²) in [6, 6.07) is 6.27. The number of rotatable bonds is 3. The number of hydrogen-bond donors (Lipinski definition) is 0. The summed E-state index contributed by atoms with van der Waals surface area (Å²) in [7, 11) is 0. The maximum atomic E-state index is 11.4. The Bertz CT molecular complexity index is 458. The van der Waals surface area contributed by atoms with E-state index >= 15 is 0 Å². The molecule has 1 aliphatic rings. The van der Waals surface area contributed by atoms with Crippen molar-refractivity contribution in [3.63, 3.8) is 0 Å². The number of nitrogens with zero attached hydrogens (tertiary/aromatic N) is 1. The minimum atomic E-state index is 0.0661. The van der Waals surface area contributed by atoms with Crippen LogP contribution in [0.15, 0.2) is 18.2 Å². The highest BCUT2D eigenvalue weighted by Crippen LogP contribution is 2.32. The molecule has 3 heteroatoms. The second kappa shape index (κ2) is 6.42. The average Bonchev–Trinajstić information content (AvgIpc) is 2.63. The molecule has 0 radical (unpaired) electrons. The quantitative estimate of drug-likeness (QED) is 0.748.